The second-order valence-electron chi connectivity index (χ2n) is 4.59. The number of hydrogen-bond donors (Lipinski definition) is 1. The van der Waals surface area contributed by atoms with Gasteiger partial charge in [0.2, 0.25) is 0 Å². The molecule has 100 valence electrons. The van der Waals surface area contributed by atoms with Gasteiger partial charge < -0.3 is 5.32 Å². The molecule has 0 atom stereocenters. The van der Waals surface area contributed by atoms with Crippen molar-refractivity contribution >= 4 is 21.7 Å². The average Bonchev–Trinajstić information content (AvgIpc) is 2.35. The smallest absolute Gasteiger partial charge is 0.162 e. The molecule has 3 nitrogen and oxygen atoms in total. The van der Waals surface area contributed by atoms with Crippen LogP contribution in [0.5, 0.6) is 0 Å². The molecule has 0 bridgehead atoms. The van der Waals surface area contributed by atoms with E-state index in [0.717, 1.165) is 33.9 Å². The number of aromatic nitrogens is 2. The highest BCUT2D eigenvalue weighted by atomic mass is 79.9. The van der Waals surface area contributed by atoms with Crippen molar-refractivity contribution in [1.29, 1.82) is 0 Å². The molecule has 0 spiro atoms. The standard InChI is InChI=1S/C15H18BrN3/c1-5-17-15-13(16)11(4)18-14(19-15)12-9(2)7-6-8-10(12)3/h6-8H,5H2,1-4H3,(H,17,18,19). The van der Waals surface area contributed by atoms with Gasteiger partial charge >= 0.3 is 0 Å². The predicted molar refractivity (Wildman–Crippen MR) is 83.5 cm³/mol. The van der Waals surface area contributed by atoms with Crippen LogP contribution in [0.1, 0.15) is 23.7 Å². The zero-order valence-electron chi connectivity index (χ0n) is 11.7. The molecule has 0 saturated carbocycles. The van der Waals surface area contributed by atoms with Gasteiger partial charge in [0.15, 0.2) is 5.82 Å². The first-order valence-electron chi connectivity index (χ1n) is 6.39. The lowest BCUT2D eigenvalue weighted by atomic mass is 10.0. The second-order valence-corrected chi connectivity index (χ2v) is 5.39. The number of hydrogen-bond acceptors (Lipinski definition) is 3. The number of benzene rings is 1. The molecule has 1 aromatic heterocycles. The Morgan fingerprint density at radius 3 is 2.32 bits per heavy atom. The maximum Gasteiger partial charge on any atom is 0.162 e. The molecule has 1 N–H and O–H groups in total. The third-order valence-corrected chi connectivity index (χ3v) is 4.02. The number of anilines is 1. The highest BCUT2D eigenvalue weighted by Crippen LogP contribution is 2.29. The Morgan fingerprint density at radius 1 is 1.11 bits per heavy atom. The van der Waals surface area contributed by atoms with Crippen molar-refractivity contribution in [3.8, 4) is 11.4 Å². The van der Waals surface area contributed by atoms with E-state index >= 15 is 0 Å². The lowest BCUT2D eigenvalue weighted by Crippen LogP contribution is -2.05. The minimum atomic E-state index is 0.784. The number of aryl methyl sites for hydroxylation is 3. The van der Waals surface area contributed by atoms with Gasteiger partial charge in [0.25, 0.3) is 0 Å². The lowest BCUT2D eigenvalue weighted by Gasteiger charge is -2.13. The fraction of sp³-hybridized carbons (Fsp3) is 0.333. The van der Waals surface area contributed by atoms with E-state index in [-0.39, 0.29) is 0 Å². The molecule has 2 rings (SSSR count). The highest BCUT2D eigenvalue weighted by molar-refractivity contribution is 9.10. The summed E-state index contributed by atoms with van der Waals surface area (Å²) in [6.45, 7) is 9.07. The van der Waals surface area contributed by atoms with Crippen LogP contribution in [0.4, 0.5) is 5.82 Å². The molecule has 0 aliphatic rings. The third kappa shape index (κ3) is 2.78. The van der Waals surface area contributed by atoms with Gasteiger partial charge in [-0.3, -0.25) is 0 Å². The first kappa shape index (κ1) is 14.0. The summed E-state index contributed by atoms with van der Waals surface area (Å²) in [6, 6.07) is 6.25. The Bertz CT molecular complexity index is 588. The molecule has 0 aliphatic heterocycles. The topological polar surface area (TPSA) is 37.8 Å². The van der Waals surface area contributed by atoms with E-state index in [4.69, 9.17) is 0 Å². The summed E-state index contributed by atoms with van der Waals surface area (Å²) >= 11 is 3.54. The van der Waals surface area contributed by atoms with Gasteiger partial charge in [0.1, 0.15) is 5.82 Å². The summed E-state index contributed by atoms with van der Waals surface area (Å²) in [5, 5.41) is 3.27. The van der Waals surface area contributed by atoms with Crippen molar-refractivity contribution < 1.29 is 0 Å². The molecular formula is C15H18BrN3. The summed E-state index contributed by atoms with van der Waals surface area (Å²) in [6.07, 6.45) is 0. The zero-order chi connectivity index (χ0) is 14.0. The van der Waals surface area contributed by atoms with Crippen LogP contribution in [0.25, 0.3) is 11.4 Å². The maximum atomic E-state index is 4.65. The SMILES string of the molecule is CCNc1nc(-c2c(C)cccc2C)nc(C)c1Br. The third-order valence-electron chi connectivity index (χ3n) is 3.07. The van der Waals surface area contributed by atoms with Crippen LogP contribution < -0.4 is 5.32 Å². The molecule has 0 amide bonds. The first-order chi connectivity index (χ1) is 9.04. The minimum Gasteiger partial charge on any atom is -0.369 e. The van der Waals surface area contributed by atoms with Crippen molar-refractivity contribution in [3.05, 3.63) is 39.5 Å². The molecule has 0 unspecified atom stereocenters. The summed E-state index contributed by atoms with van der Waals surface area (Å²) in [5.74, 6) is 1.64. The Hall–Kier alpha value is -1.42. The van der Waals surface area contributed by atoms with Gasteiger partial charge in [0.05, 0.1) is 10.2 Å². The van der Waals surface area contributed by atoms with Crippen molar-refractivity contribution in [1.82, 2.24) is 9.97 Å². The van der Waals surface area contributed by atoms with Gasteiger partial charge in [-0.05, 0) is 54.8 Å². The van der Waals surface area contributed by atoms with Crippen LogP contribution in [0, 0.1) is 20.8 Å². The van der Waals surface area contributed by atoms with Crippen LogP contribution in [0.3, 0.4) is 0 Å². The monoisotopic (exact) mass is 319 g/mol. The van der Waals surface area contributed by atoms with Gasteiger partial charge in [-0.15, -0.1) is 0 Å². The largest absolute Gasteiger partial charge is 0.369 e. The Labute approximate surface area is 122 Å². The molecule has 0 aliphatic carbocycles. The zero-order valence-corrected chi connectivity index (χ0v) is 13.3. The van der Waals surface area contributed by atoms with Crippen LogP contribution in [0.2, 0.25) is 0 Å². The molecule has 4 heteroatoms. The second kappa shape index (κ2) is 5.70. The van der Waals surface area contributed by atoms with E-state index < -0.39 is 0 Å². The van der Waals surface area contributed by atoms with Crippen LogP contribution in [0.15, 0.2) is 22.7 Å². The normalized spacial score (nSPS) is 10.6. The number of halogens is 1. The summed E-state index contributed by atoms with van der Waals surface area (Å²) in [5.41, 5.74) is 4.47. The van der Waals surface area contributed by atoms with Crippen LogP contribution >= 0.6 is 15.9 Å². The van der Waals surface area contributed by atoms with Crippen molar-refractivity contribution in [2.24, 2.45) is 0 Å². The van der Waals surface area contributed by atoms with E-state index in [9.17, 15) is 0 Å². The molecule has 1 aromatic carbocycles. The molecule has 0 radical (unpaired) electrons. The quantitative estimate of drug-likeness (QED) is 0.918. The number of rotatable bonds is 3. The van der Waals surface area contributed by atoms with Gasteiger partial charge in [-0.25, -0.2) is 9.97 Å². The fourth-order valence-corrected chi connectivity index (χ4v) is 2.44. The van der Waals surface area contributed by atoms with Crippen LogP contribution in [-0.2, 0) is 0 Å². The molecule has 2 aromatic rings. The van der Waals surface area contributed by atoms with E-state index in [0.29, 0.717) is 0 Å². The van der Waals surface area contributed by atoms with Gasteiger partial charge in [-0.1, -0.05) is 18.2 Å². The van der Waals surface area contributed by atoms with E-state index in [2.05, 4.69) is 70.2 Å². The lowest BCUT2D eigenvalue weighted by molar-refractivity contribution is 1.06. The molecular weight excluding hydrogens is 302 g/mol. The maximum absolute atomic E-state index is 4.65. The summed E-state index contributed by atoms with van der Waals surface area (Å²) in [4.78, 5) is 9.26. The molecule has 1 heterocycles. The Balaban J connectivity index is 2.63. The number of nitrogens with one attached hydrogen (secondary N) is 1. The van der Waals surface area contributed by atoms with Crippen molar-refractivity contribution in [2.45, 2.75) is 27.7 Å². The van der Waals surface area contributed by atoms with Gasteiger partial charge in [0, 0.05) is 12.1 Å². The minimum absolute atomic E-state index is 0.784. The fourth-order valence-electron chi connectivity index (χ4n) is 2.12. The summed E-state index contributed by atoms with van der Waals surface area (Å²) < 4.78 is 0.935. The van der Waals surface area contributed by atoms with E-state index in [1.807, 2.05) is 6.92 Å². The number of nitrogens with zero attached hydrogens (tertiary/aromatic N) is 2. The Morgan fingerprint density at radius 2 is 1.74 bits per heavy atom. The average molecular weight is 320 g/mol. The predicted octanol–water partition coefficient (Wildman–Crippen LogP) is 4.26. The van der Waals surface area contributed by atoms with Crippen molar-refractivity contribution in [3.63, 3.8) is 0 Å². The van der Waals surface area contributed by atoms with E-state index in [1.54, 1.807) is 0 Å². The Kier molecular flexibility index (Phi) is 4.20. The van der Waals surface area contributed by atoms with E-state index in [1.165, 1.54) is 11.1 Å². The van der Waals surface area contributed by atoms with Crippen molar-refractivity contribution in [2.75, 3.05) is 11.9 Å². The summed E-state index contributed by atoms with van der Waals surface area (Å²) in [7, 11) is 0. The highest BCUT2D eigenvalue weighted by Gasteiger charge is 2.13. The molecule has 19 heavy (non-hydrogen) atoms. The first-order valence-corrected chi connectivity index (χ1v) is 7.18. The van der Waals surface area contributed by atoms with Crippen LogP contribution in [-0.4, -0.2) is 16.5 Å². The molecule has 0 saturated heterocycles. The van der Waals surface area contributed by atoms with Gasteiger partial charge in [-0.2, -0.15) is 0 Å². The molecule has 0 fully saturated rings.